The summed E-state index contributed by atoms with van der Waals surface area (Å²) < 4.78 is 9.91. The van der Waals surface area contributed by atoms with E-state index in [0.717, 1.165) is 0 Å². The standard InChI is InChI=1S/C14H18ClNO4/c1-3-20-14(18)6-4-5-13(17)16-11-9-10(15)7-8-12(11)19-2/h7-9H,3-6H2,1-2H3,(H,16,17). The van der Waals surface area contributed by atoms with Crippen LogP contribution in [0.5, 0.6) is 5.75 Å². The van der Waals surface area contributed by atoms with Crippen LogP contribution in [0, 0.1) is 0 Å². The molecule has 1 N–H and O–H groups in total. The average molecular weight is 300 g/mol. The molecule has 110 valence electrons. The Morgan fingerprint density at radius 1 is 1.30 bits per heavy atom. The van der Waals surface area contributed by atoms with E-state index in [1.807, 2.05) is 0 Å². The molecule has 0 aliphatic rings. The highest BCUT2D eigenvalue weighted by molar-refractivity contribution is 6.31. The van der Waals surface area contributed by atoms with Crippen LogP contribution in [0.1, 0.15) is 26.2 Å². The van der Waals surface area contributed by atoms with E-state index >= 15 is 0 Å². The first-order valence-corrected chi connectivity index (χ1v) is 6.73. The van der Waals surface area contributed by atoms with E-state index in [9.17, 15) is 9.59 Å². The molecule has 5 nitrogen and oxygen atoms in total. The number of halogens is 1. The van der Waals surface area contributed by atoms with Crippen LogP contribution in [0.4, 0.5) is 5.69 Å². The largest absolute Gasteiger partial charge is 0.495 e. The number of hydrogen-bond acceptors (Lipinski definition) is 4. The molecule has 1 aromatic carbocycles. The molecule has 1 amide bonds. The predicted octanol–water partition coefficient (Wildman–Crippen LogP) is 3.02. The van der Waals surface area contributed by atoms with Crippen LogP contribution >= 0.6 is 11.6 Å². The number of esters is 1. The highest BCUT2D eigenvalue weighted by Gasteiger charge is 2.09. The number of ether oxygens (including phenoxy) is 2. The van der Waals surface area contributed by atoms with E-state index in [1.165, 1.54) is 7.11 Å². The zero-order valence-electron chi connectivity index (χ0n) is 11.6. The van der Waals surface area contributed by atoms with Gasteiger partial charge in [0.1, 0.15) is 5.75 Å². The lowest BCUT2D eigenvalue weighted by Crippen LogP contribution is -2.13. The molecular formula is C14H18ClNO4. The quantitative estimate of drug-likeness (QED) is 0.786. The van der Waals surface area contributed by atoms with E-state index in [1.54, 1.807) is 25.1 Å². The number of benzene rings is 1. The molecule has 1 aromatic rings. The van der Waals surface area contributed by atoms with Crippen molar-refractivity contribution in [2.75, 3.05) is 19.0 Å². The van der Waals surface area contributed by atoms with Crippen molar-refractivity contribution in [3.63, 3.8) is 0 Å². The zero-order chi connectivity index (χ0) is 15.0. The van der Waals surface area contributed by atoms with Gasteiger partial charge in [-0.2, -0.15) is 0 Å². The van der Waals surface area contributed by atoms with Crippen LogP contribution in [0.3, 0.4) is 0 Å². The number of hydrogen-bond donors (Lipinski definition) is 1. The van der Waals surface area contributed by atoms with Gasteiger partial charge in [0, 0.05) is 17.9 Å². The first-order valence-electron chi connectivity index (χ1n) is 6.35. The fourth-order valence-corrected chi connectivity index (χ4v) is 1.79. The number of nitrogens with one attached hydrogen (secondary N) is 1. The molecule has 0 aromatic heterocycles. The third-order valence-electron chi connectivity index (χ3n) is 2.53. The van der Waals surface area contributed by atoms with Crippen LogP contribution in [-0.4, -0.2) is 25.6 Å². The van der Waals surface area contributed by atoms with E-state index in [4.69, 9.17) is 21.1 Å². The van der Waals surface area contributed by atoms with Crippen LogP contribution in [0.25, 0.3) is 0 Å². The van der Waals surface area contributed by atoms with Crippen molar-refractivity contribution in [2.45, 2.75) is 26.2 Å². The Balaban J connectivity index is 2.46. The van der Waals surface area contributed by atoms with Gasteiger partial charge < -0.3 is 14.8 Å². The van der Waals surface area contributed by atoms with Crippen molar-refractivity contribution in [3.05, 3.63) is 23.2 Å². The van der Waals surface area contributed by atoms with Crippen LogP contribution in [0.2, 0.25) is 5.02 Å². The summed E-state index contributed by atoms with van der Waals surface area (Å²) in [7, 11) is 1.51. The Morgan fingerprint density at radius 3 is 2.70 bits per heavy atom. The highest BCUT2D eigenvalue weighted by atomic mass is 35.5. The molecule has 1 rings (SSSR count). The minimum absolute atomic E-state index is 0.199. The molecular weight excluding hydrogens is 282 g/mol. The maximum Gasteiger partial charge on any atom is 0.305 e. The van der Waals surface area contributed by atoms with Crippen LogP contribution in [-0.2, 0) is 14.3 Å². The lowest BCUT2D eigenvalue weighted by Gasteiger charge is -2.10. The van der Waals surface area contributed by atoms with Crippen LogP contribution in [0.15, 0.2) is 18.2 Å². The number of carbonyl (C=O) groups excluding carboxylic acids is 2. The average Bonchev–Trinajstić information content (AvgIpc) is 2.39. The van der Waals surface area contributed by atoms with E-state index in [-0.39, 0.29) is 24.7 Å². The molecule has 0 radical (unpaired) electrons. The summed E-state index contributed by atoms with van der Waals surface area (Å²) >= 11 is 5.87. The molecule has 6 heteroatoms. The molecule has 20 heavy (non-hydrogen) atoms. The molecule has 0 unspecified atom stereocenters. The zero-order valence-corrected chi connectivity index (χ0v) is 12.3. The van der Waals surface area contributed by atoms with Gasteiger partial charge in [-0.05, 0) is 31.5 Å². The van der Waals surface area contributed by atoms with E-state index in [2.05, 4.69) is 5.32 Å². The van der Waals surface area contributed by atoms with Crippen molar-refractivity contribution in [1.82, 2.24) is 0 Å². The first-order chi connectivity index (χ1) is 9.56. The second kappa shape index (κ2) is 8.43. The number of methoxy groups -OCH3 is 1. The monoisotopic (exact) mass is 299 g/mol. The number of carbonyl (C=O) groups is 2. The third kappa shape index (κ3) is 5.48. The molecule has 0 atom stereocenters. The van der Waals surface area contributed by atoms with Crippen LogP contribution < -0.4 is 10.1 Å². The Labute approximate surface area is 123 Å². The molecule has 0 aliphatic heterocycles. The van der Waals surface area contributed by atoms with Crippen molar-refractivity contribution in [1.29, 1.82) is 0 Å². The van der Waals surface area contributed by atoms with Crippen molar-refractivity contribution >= 4 is 29.2 Å². The van der Waals surface area contributed by atoms with Crippen molar-refractivity contribution < 1.29 is 19.1 Å². The number of rotatable bonds is 7. The maximum absolute atomic E-state index is 11.8. The summed E-state index contributed by atoms with van der Waals surface area (Å²) in [5.74, 6) is 0.0450. The summed E-state index contributed by atoms with van der Waals surface area (Å²) in [5.41, 5.74) is 0.515. The van der Waals surface area contributed by atoms with Gasteiger partial charge in [-0.25, -0.2) is 0 Å². The molecule has 0 aliphatic carbocycles. The maximum atomic E-state index is 11.8. The summed E-state index contributed by atoms with van der Waals surface area (Å²) in [6.45, 7) is 2.10. The van der Waals surface area contributed by atoms with Gasteiger partial charge >= 0.3 is 5.97 Å². The summed E-state index contributed by atoms with van der Waals surface area (Å²) in [5, 5.41) is 3.21. The predicted molar refractivity (Wildman–Crippen MR) is 77.1 cm³/mol. The Kier molecular flexibility index (Phi) is 6.87. The minimum atomic E-state index is -0.291. The van der Waals surface area contributed by atoms with Gasteiger partial charge in [-0.1, -0.05) is 11.6 Å². The minimum Gasteiger partial charge on any atom is -0.495 e. The van der Waals surface area contributed by atoms with Gasteiger partial charge in [0.25, 0.3) is 0 Å². The highest BCUT2D eigenvalue weighted by Crippen LogP contribution is 2.27. The molecule has 0 bridgehead atoms. The first kappa shape index (κ1) is 16.3. The SMILES string of the molecule is CCOC(=O)CCCC(=O)Nc1cc(Cl)ccc1OC. The third-order valence-corrected chi connectivity index (χ3v) is 2.76. The van der Waals surface area contributed by atoms with Gasteiger partial charge in [-0.15, -0.1) is 0 Å². The topological polar surface area (TPSA) is 64.6 Å². The lowest BCUT2D eigenvalue weighted by atomic mass is 10.2. The second-order valence-corrected chi connectivity index (χ2v) is 4.49. The fourth-order valence-electron chi connectivity index (χ4n) is 1.62. The number of amides is 1. The summed E-state index contributed by atoms with van der Waals surface area (Å²) in [6.07, 6.45) is 0.899. The van der Waals surface area contributed by atoms with E-state index in [0.29, 0.717) is 29.5 Å². The van der Waals surface area contributed by atoms with Crippen molar-refractivity contribution in [3.8, 4) is 5.75 Å². The Bertz CT molecular complexity index is 476. The van der Waals surface area contributed by atoms with Crippen molar-refractivity contribution in [2.24, 2.45) is 0 Å². The Hall–Kier alpha value is -1.75. The van der Waals surface area contributed by atoms with Gasteiger partial charge in [0.2, 0.25) is 5.91 Å². The number of anilines is 1. The van der Waals surface area contributed by atoms with Gasteiger partial charge in [0.05, 0.1) is 19.4 Å². The summed E-state index contributed by atoms with van der Waals surface area (Å²) in [4.78, 5) is 22.9. The molecule has 0 saturated heterocycles. The smallest absolute Gasteiger partial charge is 0.305 e. The molecule has 0 spiro atoms. The lowest BCUT2D eigenvalue weighted by molar-refractivity contribution is -0.143. The normalized spacial score (nSPS) is 9.95. The second-order valence-electron chi connectivity index (χ2n) is 4.05. The Morgan fingerprint density at radius 2 is 2.05 bits per heavy atom. The summed E-state index contributed by atoms with van der Waals surface area (Å²) in [6, 6.07) is 4.97. The van der Waals surface area contributed by atoms with E-state index < -0.39 is 0 Å². The molecule has 0 heterocycles. The van der Waals surface area contributed by atoms with Gasteiger partial charge in [-0.3, -0.25) is 9.59 Å². The molecule has 0 fully saturated rings. The fraction of sp³-hybridized carbons (Fsp3) is 0.429. The molecule has 0 saturated carbocycles. The van der Waals surface area contributed by atoms with Gasteiger partial charge in [0.15, 0.2) is 0 Å².